The van der Waals surface area contributed by atoms with Crippen LogP contribution < -0.4 is 0 Å². The minimum Gasteiger partial charge on any atom is -0.455 e. The first-order valence-electron chi connectivity index (χ1n) is 23.3. The number of benzene rings is 10. The van der Waals surface area contributed by atoms with Crippen LogP contribution in [0.2, 0.25) is 0 Å². The zero-order valence-corrected chi connectivity index (χ0v) is 37.2. The summed E-state index contributed by atoms with van der Waals surface area (Å²) < 4.78 is 11.4. The molecule has 322 valence electrons. The molecule has 4 aromatic heterocycles. The van der Waals surface area contributed by atoms with Crippen LogP contribution in [-0.2, 0) is 0 Å². The average molecular weight is 882 g/mol. The molecule has 69 heavy (non-hydrogen) atoms. The Morgan fingerprint density at radius 3 is 1.49 bits per heavy atom. The standard InChI is InChI=1S/C63H39N5O/c1-5-19-40(20-6-1)44-33-34-46(41-21-7-2-8-22-41)54(37-44)62-64-61(43-25-11-4-12-26-43)65-63(66-62)68-56-31-17-14-28-48(56)51-36-35-50-47-27-13-16-30-55(47)67(58(50)59(51)68)45-38-52(42-23-9-3-10-24-42)60-53(39-45)49-29-15-18-32-57(49)69-60/h1-39H. The van der Waals surface area contributed by atoms with Crippen LogP contribution in [0, 0.1) is 0 Å². The third-order valence-electron chi connectivity index (χ3n) is 13.6. The number of rotatable bonds is 7. The predicted octanol–water partition coefficient (Wildman–Crippen LogP) is 16.3. The van der Waals surface area contributed by atoms with Crippen molar-refractivity contribution in [2.45, 2.75) is 0 Å². The van der Waals surface area contributed by atoms with Crippen molar-refractivity contribution in [1.29, 1.82) is 0 Å². The highest BCUT2D eigenvalue weighted by Crippen LogP contribution is 2.45. The van der Waals surface area contributed by atoms with Crippen molar-refractivity contribution in [3.8, 4) is 67.8 Å². The largest absolute Gasteiger partial charge is 0.455 e. The van der Waals surface area contributed by atoms with Gasteiger partial charge in [0.05, 0.1) is 22.1 Å². The molecule has 0 radical (unpaired) electrons. The highest BCUT2D eigenvalue weighted by molar-refractivity contribution is 6.24. The van der Waals surface area contributed by atoms with Gasteiger partial charge in [0.1, 0.15) is 11.2 Å². The van der Waals surface area contributed by atoms with E-state index in [2.05, 4.69) is 221 Å². The highest BCUT2D eigenvalue weighted by Gasteiger charge is 2.25. The van der Waals surface area contributed by atoms with Crippen molar-refractivity contribution in [2.75, 3.05) is 0 Å². The number of hydrogen-bond acceptors (Lipinski definition) is 4. The molecule has 0 atom stereocenters. The quantitative estimate of drug-likeness (QED) is 0.160. The van der Waals surface area contributed by atoms with Crippen molar-refractivity contribution in [3.63, 3.8) is 0 Å². The van der Waals surface area contributed by atoms with Gasteiger partial charge in [0.15, 0.2) is 11.6 Å². The third-order valence-corrected chi connectivity index (χ3v) is 13.6. The summed E-state index contributed by atoms with van der Waals surface area (Å²) >= 11 is 0. The van der Waals surface area contributed by atoms with Crippen LogP contribution in [0.1, 0.15) is 0 Å². The summed E-state index contributed by atoms with van der Waals surface area (Å²) in [4.78, 5) is 16.4. The number of nitrogens with zero attached hydrogens (tertiary/aromatic N) is 5. The molecule has 0 bridgehead atoms. The van der Waals surface area contributed by atoms with Gasteiger partial charge in [-0.1, -0.05) is 200 Å². The first-order valence-corrected chi connectivity index (χ1v) is 23.3. The lowest BCUT2D eigenvalue weighted by atomic mass is 9.94. The number of furan rings is 1. The van der Waals surface area contributed by atoms with E-state index in [-0.39, 0.29) is 0 Å². The van der Waals surface area contributed by atoms with Gasteiger partial charge >= 0.3 is 0 Å². The van der Waals surface area contributed by atoms with Crippen LogP contribution in [0.4, 0.5) is 0 Å². The van der Waals surface area contributed by atoms with Crippen molar-refractivity contribution in [2.24, 2.45) is 0 Å². The maximum Gasteiger partial charge on any atom is 0.238 e. The van der Waals surface area contributed by atoms with Gasteiger partial charge in [-0.05, 0) is 64.2 Å². The van der Waals surface area contributed by atoms with Crippen LogP contribution in [0.5, 0.6) is 0 Å². The van der Waals surface area contributed by atoms with Gasteiger partial charge in [-0.25, -0.2) is 4.98 Å². The second kappa shape index (κ2) is 15.6. The zero-order valence-electron chi connectivity index (χ0n) is 37.2. The number of hydrogen-bond donors (Lipinski definition) is 0. The van der Waals surface area contributed by atoms with Gasteiger partial charge in [0.25, 0.3) is 0 Å². The Hall–Kier alpha value is -9.39. The van der Waals surface area contributed by atoms with Crippen molar-refractivity contribution < 1.29 is 4.42 Å². The summed E-state index contributed by atoms with van der Waals surface area (Å²) in [6.07, 6.45) is 0. The van der Waals surface area contributed by atoms with Gasteiger partial charge in [-0.2, -0.15) is 9.97 Å². The van der Waals surface area contributed by atoms with Gasteiger partial charge in [0.2, 0.25) is 5.95 Å². The molecule has 0 N–H and O–H groups in total. The molecular weight excluding hydrogens is 843 g/mol. The Bertz CT molecular complexity index is 4290. The average Bonchev–Trinajstić information content (AvgIpc) is 4.09. The SMILES string of the molecule is c1ccc(-c2ccc(-c3ccccc3)c(-c3nc(-c4ccccc4)nc(-n4c5ccccc5c5ccc6c7ccccc7n(-c7cc(-c8ccccc8)c8oc9ccccc9c8c7)c6c54)n3)c2)cc1. The molecule has 14 rings (SSSR count). The zero-order chi connectivity index (χ0) is 45.4. The third kappa shape index (κ3) is 6.23. The van der Waals surface area contributed by atoms with Gasteiger partial charge in [-0.15, -0.1) is 0 Å². The maximum atomic E-state index is 6.70. The van der Waals surface area contributed by atoms with Crippen LogP contribution in [0.15, 0.2) is 241 Å². The molecule has 6 nitrogen and oxygen atoms in total. The summed E-state index contributed by atoms with van der Waals surface area (Å²) in [5, 5.41) is 6.61. The Kier molecular flexibility index (Phi) is 8.79. The minimum absolute atomic E-state index is 0.528. The summed E-state index contributed by atoms with van der Waals surface area (Å²) in [6, 6.07) is 83.2. The topological polar surface area (TPSA) is 61.7 Å². The van der Waals surface area contributed by atoms with E-state index in [1.165, 1.54) is 0 Å². The number of para-hydroxylation sites is 3. The molecule has 0 unspecified atom stereocenters. The fraction of sp³-hybridized carbons (Fsp3) is 0. The fourth-order valence-corrected chi connectivity index (χ4v) is 10.5. The normalized spacial score (nSPS) is 11.8. The molecule has 14 aromatic rings. The lowest BCUT2D eigenvalue weighted by Crippen LogP contribution is -2.07. The highest BCUT2D eigenvalue weighted by atomic mass is 16.3. The summed E-state index contributed by atoms with van der Waals surface area (Å²) in [6.45, 7) is 0. The Morgan fingerprint density at radius 1 is 0.304 bits per heavy atom. The molecule has 0 saturated carbocycles. The summed E-state index contributed by atoms with van der Waals surface area (Å²) in [5.41, 5.74) is 15.1. The summed E-state index contributed by atoms with van der Waals surface area (Å²) in [5.74, 6) is 1.70. The second-order valence-corrected chi connectivity index (χ2v) is 17.5. The Labute approximate surface area is 396 Å². The van der Waals surface area contributed by atoms with E-state index in [1.807, 2.05) is 24.3 Å². The van der Waals surface area contributed by atoms with E-state index < -0.39 is 0 Å². The van der Waals surface area contributed by atoms with E-state index in [4.69, 9.17) is 19.4 Å². The lowest BCUT2D eigenvalue weighted by molar-refractivity contribution is 0.670. The monoisotopic (exact) mass is 881 g/mol. The summed E-state index contributed by atoms with van der Waals surface area (Å²) in [7, 11) is 0. The molecule has 0 aliphatic carbocycles. The van der Waals surface area contributed by atoms with E-state index in [9.17, 15) is 0 Å². The van der Waals surface area contributed by atoms with Gasteiger partial charge in [0, 0.05) is 54.7 Å². The molecule has 0 fully saturated rings. The van der Waals surface area contributed by atoms with Crippen molar-refractivity contribution in [1.82, 2.24) is 24.1 Å². The van der Waals surface area contributed by atoms with E-state index in [1.54, 1.807) is 0 Å². The Balaban J connectivity index is 1.12. The van der Waals surface area contributed by atoms with E-state index >= 15 is 0 Å². The molecule has 6 heteroatoms. The number of fused-ring (bicyclic) bond motifs is 10. The van der Waals surface area contributed by atoms with Crippen molar-refractivity contribution >= 4 is 65.6 Å². The van der Waals surface area contributed by atoms with Crippen LogP contribution in [0.3, 0.4) is 0 Å². The molecule has 0 aliphatic heterocycles. The first kappa shape index (κ1) is 38.8. The van der Waals surface area contributed by atoms with Crippen LogP contribution in [0.25, 0.3) is 133 Å². The van der Waals surface area contributed by atoms with Gasteiger partial charge in [-0.3, -0.25) is 4.57 Å². The molecule has 10 aromatic carbocycles. The van der Waals surface area contributed by atoms with Crippen molar-refractivity contribution in [3.05, 3.63) is 237 Å². The molecule has 0 aliphatic rings. The van der Waals surface area contributed by atoms with Gasteiger partial charge < -0.3 is 8.98 Å². The lowest BCUT2D eigenvalue weighted by Gasteiger charge is -2.16. The second-order valence-electron chi connectivity index (χ2n) is 17.5. The smallest absolute Gasteiger partial charge is 0.238 e. The van der Waals surface area contributed by atoms with E-state index in [0.717, 1.165) is 116 Å². The molecule has 0 saturated heterocycles. The fourth-order valence-electron chi connectivity index (χ4n) is 10.5. The Morgan fingerprint density at radius 2 is 0.826 bits per heavy atom. The molecule has 4 heterocycles. The molecule has 0 amide bonds. The van der Waals surface area contributed by atoms with Crippen LogP contribution in [-0.4, -0.2) is 24.1 Å². The molecule has 0 spiro atoms. The minimum atomic E-state index is 0.528. The maximum absolute atomic E-state index is 6.70. The van der Waals surface area contributed by atoms with E-state index in [0.29, 0.717) is 17.6 Å². The van der Waals surface area contributed by atoms with Crippen LogP contribution >= 0.6 is 0 Å². The number of aromatic nitrogens is 5. The molecular formula is C63H39N5O. The predicted molar refractivity (Wildman–Crippen MR) is 283 cm³/mol. The first-order chi connectivity index (χ1) is 34.2.